The molecule has 1 aromatic rings. The normalized spacial score (nSPS) is 21.9. The van der Waals surface area contributed by atoms with Gasteiger partial charge in [-0.2, -0.15) is 0 Å². The fraction of sp³-hybridized carbons (Fsp3) is 0.533. The van der Waals surface area contributed by atoms with E-state index in [0.29, 0.717) is 24.4 Å². The second-order valence-corrected chi connectivity index (χ2v) is 5.44. The van der Waals surface area contributed by atoms with Gasteiger partial charge in [0.2, 0.25) is 5.91 Å². The fourth-order valence-corrected chi connectivity index (χ4v) is 2.09. The molecule has 0 aliphatic heterocycles. The third-order valence-corrected chi connectivity index (χ3v) is 3.25. The van der Waals surface area contributed by atoms with Crippen molar-refractivity contribution in [3.05, 3.63) is 35.9 Å². The van der Waals surface area contributed by atoms with Gasteiger partial charge in [-0.15, -0.1) is 0 Å². The number of nitrogens with one attached hydrogen (secondary N) is 2. The van der Waals surface area contributed by atoms with Crippen molar-refractivity contribution in [3.8, 4) is 0 Å². The van der Waals surface area contributed by atoms with Crippen molar-refractivity contribution in [1.82, 2.24) is 10.6 Å². The quantitative estimate of drug-likeness (QED) is 0.805. The summed E-state index contributed by atoms with van der Waals surface area (Å²) in [5.41, 5.74) is 1.37. The monoisotopic (exact) mass is 246 g/mol. The minimum atomic E-state index is 0.0995. The number of hydrogen-bond donors (Lipinski definition) is 2. The zero-order valence-electron chi connectivity index (χ0n) is 11.1. The molecule has 0 aromatic heterocycles. The van der Waals surface area contributed by atoms with E-state index in [9.17, 15) is 4.79 Å². The maximum Gasteiger partial charge on any atom is 0.233 e. The molecule has 1 aromatic carbocycles. The van der Waals surface area contributed by atoms with Crippen LogP contribution in [0.1, 0.15) is 31.7 Å². The first-order valence-corrected chi connectivity index (χ1v) is 6.72. The number of carbonyl (C=O) groups excluding carboxylic acids is 1. The minimum Gasteiger partial charge on any atom is -0.355 e. The van der Waals surface area contributed by atoms with Crippen molar-refractivity contribution in [2.75, 3.05) is 13.1 Å². The number of rotatable bonds is 6. The number of benzene rings is 1. The van der Waals surface area contributed by atoms with Crippen molar-refractivity contribution in [2.45, 2.75) is 32.2 Å². The summed E-state index contributed by atoms with van der Waals surface area (Å²) in [6.45, 7) is 5.38. The molecule has 0 heterocycles. The van der Waals surface area contributed by atoms with Crippen LogP contribution in [0, 0.1) is 5.92 Å². The van der Waals surface area contributed by atoms with Crippen LogP contribution >= 0.6 is 0 Å². The molecular formula is C15H22N2O. The van der Waals surface area contributed by atoms with Gasteiger partial charge in [-0.1, -0.05) is 44.2 Å². The van der Waals surface area contributed by atoms with E-state index < -0.39 is 0 Å². The molecular weight excluding hydrogens is 224 g/mol. The van der Waals surface area contributed by atoms with Crippen molar-refractivity contribution in [3.63, 3.8) is 0 Å². The molecule has 0 bridgehead atoms. The summed E-state index contributed by atoms with van der Waals surface area (Å²) in [5.74, 6) is 1.19. The van der Waals surface area contributed by atoms with E-state index in [-0.39, 0.29) is 5.91 Å². The highest BCUT2D eigenvalue weighted by atomic mass is 16.1. The molecule has 1 amide bonds. The summed E-state index contributed by atoms with van der Waals surface area (Å²) < 4.78 is 0. The Labute approximate surface area is 109 Å². The maximum absolute atomic E-state index is 11.5. The van der Waals surface area contributed by atoms with Gasteiger partial charge in [0.05, 0.1) is 6.54 Å². The molecule has 1 aliphatic carbocycles. The van der Waals surface area contributed by atoms with Gasteiger partial charge in [0.15, 0.2) is 0 Å². The van der Waals surface area contributed by atoms with E-state index in [1.807, 2.05) is 6.07 Å². The molecule has 2 rings (SSSR count). The van der Waals surface area contributed by atoms with Crippen LogP contribution in [-0.4, -0.2) is 25.0 Å². The predicted molar refractivity (Wildman–Crippen MR) is 73.4 cm³/mol. The SMILES string of the molecule is CC(C)CNC(=O)CNC1CC1c1ccccc1. The Hall–Kier alpha value is -1.35. The summed E-state index contributed by atoms with van der Waals surface area (Å²) in [6.07, 6.45) is 1.14. The number of hydrogen-bond acceptors (Lipinski definition) is 2. The highest BCUT2D eigenvalue weighted by Crippen LogP contribution is 2.40. The Morgan fingerprint density at radius 3 is 2.72 bits per heavy atom. The summed E-state index contributed by atoms with van der Waals surface area (Å²) >= 11 is 0. The number of amides is 1. The van der Waals surface area contributed by atoms with E-state index >= 15 is 0 Å². The molecule has 0 spiro atoms. The lowest BCUT2D eigenvalue weighted by atomic mass is 10.1. The van der Waals surface area contributed by atoms with Gasteiger partial charge < -0.3 is 10.6 Å². The summed E-state index contributed by atoms with van der Waals surface area (Å²) in [7, 11) is 0. The highest BCUT2D eigenvalue weighted by Gasteiger charge is 2.37. The Kier molecular flexibility index (Phi) is 4.37. The van der Waals surface area contributed by atoms with Crippen LogP contribution in [-0.2, 0) is 4.79 Å². The topological polar surface area (TPSA) is 41.1 Å². The molecule has 1 saturated carbocycles. The molecule has 98 valence electrons. The molecule has 1 fully saturated rings. The van der Waals surface area contributed by atoms with Crippen LogP contribution in [0.2, 0.25) is 0 Å². The fourth-order valence-electron chi connectivity index (χ4n) is 2.09. The molecule has 1 aliphatic rings. The Balaban J connectivity index is 1.66. The van der Waals surface area contributed by atoms with Gasteiger partial charge in [-0.25, -0.2) is 0 Å². The second-order valence-electron chi connectivity index (χ2n) is 5.44. The minimum absolute atomic E-state index is 0.0995. The van der Waals surface area contributed by atoms with E-state index in [1.54, 1.807) is 0 Å². The van der Waals surface area contributed by atoms with Gasteiger partial charge >= 0.3 is 0 Å². The van der Waals surface area contributed by atoms with Crippen LogP contribution < -0.4 is 10.6 Å². The summed E-state index contributed by atoms with van der Waals surface area (Å²) in [6, 6.07) is 11.0. The average molecular weight is 246 g/mol. The van der Waals surface area contributed by atoms with Crippen molar-refractivity contribution < 1.29 is 4.79 Å². The first-order chi connectivity index (χ1) is 8.66. The highest BCUT2D eigenvalue weighted by molar-refractivity contribution is 5.78. The Bertz CT molecular complexity index is 389. The maximum atomic E-state index is 11.5. The molecule has 3 nitrogen and oxygen atoms in total. The van der Waals surface area contributed by atoms with Crippen LogP contribution in [0.15, 0.2) is 30.3 Å². The first-order valence-electron chi connectivity index (χ1n) is 6.72. The van der Waals surface area contributed by atoms with Crippen molar-refractivity contribution in [2.24, 2.45) is 5.92 Å². The van der Waals surface area contributed by atoms with E-state index in [1.165, 1.54) is 5.56 Å². The van der Waals surface area contributed by atoms with Crippen LogP contribution in [0.25, 0.3) is 0 Å². The summed E-state index contributed by atoms with van der Waals surface area (Å²) in [5, 5.41) is 6.24. The lowest BCUT2D eigenvalue weighted by molar-refractivity contribution is -0.120. The third kappa shape index (κ3) is 3.84. The van der Waals surface area contributed by atoms with Gasteiger partial charge in [-0.3, -0.25) is 4.79 Å². The second kappa shape index (κ2) is 6.01. The van der Waals surface area contributed by atoms with Gasteiger partial charge in [0, 0.05) is 18.5 Å². The van der Waals surface area contributed by atoms with Crippen LogP contribution in [0.5, 0.6) is 0 Å². The van der Waals surface area contributed by atoms with Crippen LogP contribution in [0.3, 0.4) is 0 Å². The van der Waals surface area contributed by atoms with Gasteiger partial charge in [-0.05, 0) is 17.9 Å². The zero-order valence-corrected chi connectivity index (χ0v) is 11.1. The van der Waals surface area contributed by atoms with E-state index in [0.717, 1.165) is 13.0 Å². The lowest BCUT2D eigenvalue weighted by Crippen LogP contribution is -2.36. The molecule has 0 saturated heterocycles. The molecule has 0 radical (unpaired) electrons. The predicted octanol–water partition coefficient (Wildman–Crippen LogP) is 1.90. The standard InChI is InChI=1S/C15H22N2O/c1-11(2)9-17-15(18)10-16-14-8-13(14)12-6-4-3-5-7-12/h3-7,11,13-14,16H,8-10H2,1-2H3,(H,17,18). The molecule has 2 atom stereocenters. The van der Waals surface area contributed by atoms with Crippen LogP contribution in [0.4, 0.5) is 0 Å². The van der Waals surface area contributed by atoms with E-state index in [2.05, 4.69) is 48.7 Å². The van der Waals surface area contributed by atoms with Gasteiger partial charge in [0.25, 0.3) is 0 Å². The Morgan fingerprint density at radius 1 is 1.33 bits per heavy atom. The summed E-state index contributed by atoms with van der Waals surface area (Å²) in [4.78, 5) is 11.5. The molecule has 2 unspecified atom stereocenters. The number of carbonyl (C=O) groups is 1. The van der Waals surface area contributed by atoms with E-state index in [4.69, 9.17) is 0 Å². The largest absolute Gasteiger partial charge is 0.355 e. The molecule has 2 N–H and O–H groups in total. The zero-order chi connectivity index (χ0) is 13.0. The van der Waals surface area contributed by atoms with Gasteiger partial charge in [0.1, 0.15) is 0 Å². The Morgan fingerprint density at radius 2 is 2.06 bits per heavy atom. The first kappa shape index (κ1) is 13.1. The van der Waals surface area contributed by atoms with Crippen molar-refractivity contribution >= 4 is 5.91 Å². The lowest BCUT2D eigenvalue weighted by Gasteiger charge is -2.08. The van der Waals surface area contributed by atoms with Crippen molar-refractivity contribution in [1.29, 1.82) is 0 Å². The average Bonchev–Trinajstić information content (AvgIpc) is 3.14. The third-order valence-electron chi connectivity index (χ3n) is 3.25. The molecule has 3 heteroatoms. The smallest absolute Gasteiger partial charge is 0.233 e. The molecule has 18 heavy (non-hydrogen) atoms.